The molecule has 3 heterocycles. The molecule has 1 unspecified atom stereocenters. The van der Waals surface area contributed by atoms with Crippen molar-refractivity contribution in [3.05, 3.63) is 94.8 Å². The van der Waals surface area contributed by atoms with Crippen LogP contribution in [-0.4, -0.2) is 120 Å². The van der Waals surface area contributed by atoms with Crippen molar-refractivity contribution in [2.24, 2.45) is 11.5 Å². The highest BCUT2D eigenvalue weighted by Crippen LogP contribution is 2.34. The number of rotatable bonds is 11. The summed E-state index contributed by atoms with van der Waals surface area (Å²) in [6.07, 6.45) is 6.19. The SMILES string of the molecule is CCC(C(N)=O)N1C(=O)c2cc(F)c(N3CCN(C4CCC(N5CCN(c6ccc(/C(=C/C(=N)c7ccccc7O)C(=N)N)cc6)CC5)CC4)CC3)cc2C1=O. The number of imide groups is 1. The van der Waals surface area contributed by atoms with Crippen LogP contribution in [0.3, 0.4) is 0 Å². The fraction of sp³-hybridized carbons (Fsp3) is 0.405. The highest BCUT2D eigenvalue weighted by atomic mass is 19.1. The molecule has 3 aromatic rings. The average molecular weight is 764 g/mol. The predicted molar refractivity (Wildman–Crippen MR) is 215 cm³/mol. The largest absolute Gasteiger partial charge is 0.507 e. The van der Waals surface area contributed by atoms with Gasteiger partial charge in [-0.05, 0) is 80.1 Å². The first kappa shape index (κ1) is 38.7. The van der Waals surface area contributed by atoms with E-state index in [1.54, 1.807) is 25.1 Å². The van der Waals surface area contributed by atoms with Crippen LogP contribution in [0.4, 0.5) is 15.8 Å². The van der Waals surface area contributed by atoms with Gasteiger partial charge in [0, 0.05) is 81.3 Å². The Morgan fingerprint density at radius 1 is 0.821 bits per heavy atom. The standard InChI is InChI=1S/C42H50FN9O4/c1-2-36(40(47)54)52-41(55)32-23-34(43)37(25-33(32)42(52)56)51-21-19-50(20-22-51)29-13-11-28(12-14-29)49-17-15-48(16-18-49)27-9-7-26(8-10-27)31(39(45)46)24-35(44)30-5-3-4-6-38(30)53/h3-10,23-25,28-29,36,44,53H,2,11-22H2,1H3,(H3,45,46)(H2,47,54)/b31-24-,44-35?. The maximum Gasteiger partial charge on any atom is 0.262 e. The number of piperazine rings is 2. The first-order valence-electron chi connectivity index (χ1n) is 19.5. The molecule has 294 valence electrons. The topological polar surface area (TPSA) is 187 Å². The molecule has 4 aliphatic rings. The molecule has 3 amide bonds. The number of nitrogens with two attached hydrogens (primary N) is 2. The molecular weight excluding hydrogens is 714 g/mol. The number of primary amides is 1. The van der Waals surface area contributed by atoms with Crippen molar-refractivity contribution in [1.29, 1.82) is 10.8 Å². The number of halogens is 1. The minimum atomic E-state index is -1.07. The van der Waals surface area contributed by atoms with E-state index in [0.717, 1.165) is 87.2 Å². The van der Waals surface area contributed by atoms with Crippen molar-refractivity contribution in [3.63, 3.8) is 0 Å². The van der Waals surface area contributed by atoms with E-state index in [9.17, 15) is 19.5 Å². The first-order valence-corrected chi connectivity index (χ1v) is 19.5. The summed E-state index contributed by atoms with van der Waals surface area (Å²) in [5.74, 6) is -2.75. The zero-order valence-electron chi connectivity index (χ0n) is 31.7. The molecule has 14 heteroatoms. The lowest BCUT2D eigenvalue weighted by Gasteiger charge is -2.46. The molecule has 0 bridgehead atoms. The van der Waals surface area contributed by atoms with E-state index >= 15 is 4.39 Å². The van der Waals surface area contributed by atoms with Gasteiger partial charge in [0.05, 0.1) is 22.5 Å². The number of carbonyl (C=O) groups excluding carboxylic acids is 3. The van der Waals surface area contributed by atoms with Gasteiger partial charge in [-0.3, -0.25) is 34.5 Å². The number of para-hydroxylation sites is 1. The van der Waals surface area contributed by atoms with Gasteiger partial charge >= 0.3 is 0 Å². The van der Waals surface area contributed by atoms with Crippen molar-refractivity contribution < 1.29 is 23.9 Å². The number of nitrogens with zero attached hydrogens (tertiary/aromatic N) is 5. The Labute approximate surface area is 326 Å². The van der Waals surface area contributed by atoms with E-state index in [-0.39, 0.29) is 34.8 Å². The number of hydrogen-bond acceptors (Lipinski definition) is 10. The number of allylic oxidation sites excluding steroid dienone is 1. The van der Waals surface area contributed by atoms with Crippen LogP contribution in [0.5, 0.6) is 5.75 Å². The highest BCUT2D eigenvalue weighted by molar-refractivity contribution is 6.27. The molecule has 56 heavy (non-hydrogen) atoms. The molecule has 3 aliphatic heterocycles. The van der Waals surface area contributed by atoms with Gasteiger partial charge in [0.2, 0.25) is 5.91 Å². The number of nitrogens with one attached hydrogen (secondary N) is 2. The number of anilines is 2. The number of phenolic OH excluding ortho intramolecular Hbond substituents is 1. The van der Waals surface area contributed by atoms with Gasteiger partial charge in [0.25, 0.3) is 11.8 Å². The van der Waals surface area contributed by atoms with Gasteiger partial charge in [-0.15, -0.1) is 0 Å². The summed E-state index contributed by atoms with van der Waals surface area (Å²) in [4.78, 5) is 48.4. The Kier molecular flexibility index (Phi) is 11.2. The lowest BCUT2D eigenvalue weighted by molar-refractivity contribution is -0.121. The summed E-state index contributed by atoms with van der Waals surface area (Å²) in [7, 11) is 0. The third-order valence-corrected chi connectivity index (χ3v) is 12.0. The molecule has 13 nitrogen and oxygen atoms in total. The molecule has 2 saturated heterocycles. The number of fused-ring (bicyclic) bond motifs is 1. The van der Waals surface area contributed by atoms with Crippen molar-refractivity contribution >= 4 is 46.2 Å². The van der Waals surface area contributed by atoms with E-state index in [1.165, 1.54) is 18.2 Å². The first-order chi connectivity index (χ1) is 26.9. The molecule has 7 N–H and O–H groups in total. The summed E-state index contributed by atoms with van der Waals surface area (Å²) in [5, 5.41) is 26.8. The third kappa shape index (κ3) is 7.63. The van der Waals surface area contributed by atoms with Crippen LogP contribution in [0.15, 0.2) is 66.7 Å². The fourth-order valence-corrected chi connectivity index (χ4v) is 8.86. The Balaban J connectivity index is 0.884. The lowest BCUT2D eigenvalue weighted by atomic mass is 9.88. The Morgan fingerprint density at radius 3 is 1.88 bits per heavy atom. The van der Waals surface area contributed by atoms with Gasteiger partial charge in [-0.25, -0.2) is 4.39 Å². The smallest absolute Gasteiger partial charge is 0.262 e. The van der Waals surface area contributed by atoms with Crippen LogP contribution in [0.1, 0.15) is 70.9 Å². The minimum absolute atomic E-state index is 0.00489. The third-order valence-electron chi connectivity index (χ3n) is 12.0. The minimum Gasteiger partial charge on any atom is -0.507 e. The van der Waals surface area contributed by atoms with Gasteiger partial charge < -0.3 is 31.8 Å². The quantitative estimate of drug-likeness (QED) is 0.109. The summed E-state index contributed by atoms with van der Waals surface area (Å²) in [6, 6.07) is 17.1. The van der Waals surface area contributed by atoms with E-state index in [0.29, 0.717) is 42.0 Å². The van der Waals surface area contributed by atoms with Crippen molar-refractivity contribution in [2.45, 2.75) is 57.2 Å². The molecule has 0 aromatic heterocycles. The number of hydrogen-bond donors (Lipinski definition) is 5. The number of carbonyl (C=O) groups is 3. The number of benzene rings is 3. The second kappa shape index (κ2) is 16.2. The number of phenols is 1. The fourth-order valence-electron chi connectivity index (χ4n) is 8.86. The van der Waals surface area contributed by atoms with Crippen LogP contribution >= 0.6 is 0 Å². The van der Waals surface area contributed by atoms with Crippen LogP contribution in [0.2, 0.25) is 0 Å². The summed E-state index contributed by atoms with van der Waals surface area (Å²) < 4.78 is 15.4. The van der Waals surface area contributed by atoms with E-state index in [2.05, 4.69) is 14.7 Å². The van der Waals surface area contributed by atoms with Crippen molar-refractivity contribution in [3.8, 4) is 5.75 Å². The predicted octanol–water partition coefficient (Wildman–Crippen LogP) is 4.03. The van der Waals surface area contributed by atoms with Gasteiger partial charge in [-0.2, -0.15) is 0 Å². The van der Waals surface area contributed by atoms with E-state index in [4.69, 9.17) is 22.3 Å². The second-order valence-corrected chi connectivity index (χ2v) is 15.1. The molecule has 0 spiro atoms. The van der Waals surface area contributed by atoms with Crippen molar-refractivity contribution in [1.82, 2.24) is 14.7 Å². The zero-order valence-corrected chi connectivity index (χ0v) is 31.7. The normalized spacial score (nSPS) is 21.6. The molecule has 1 aliphatic carbocycles. The number of amides is 3. The molecule has 1 saturated carbocycles. The molecule has 3 fully saturated rings. The average Bonchev–Trinajstić information content (AvgIpc) is 3.44. The van der Waals surface area contributed by atoms with Crippen molar-refractivity contribution in [2.75, 3.05) is 62.2 Å². The van der Waals surface area contributed by atoms with Crippen LogP contribution in [-0.2, 0) is 4.79 Å². The van der Waals surface area contributed by atoms with Crippen LogP contribution < -0.4 is 21.3 Å². The lowest BCUT2D eigenvalue weighted by Crippen LogP contribution is -2.54. The summed E-state index contributed by atoms with van der Waals surface area (Å²) in [5.41, 5.74) is 14.5. The summed E-state index contributed by atoms with van der Waals surface area (Å²) in [6.45, 7) is 8.24. The maximum absolute atomic E-state index is 15.4. The Hall–Kier alpha value is -5.60. The highest BCUT2D eigenvalue weighted by Gasteiger charge is 2.43. The van der Waals surface area contributed by atoms with E-state index < -0.39 is 29.6 Å². The molecule has 0 radical (unpaired) electrons. The maximum atomic E-state index is 15.4. The van der Waals surface area contributed by atoms with Crippen LogP contribution in [0.25, 0.3) is 5.57 Å². The Bertz CT molecular complexity index is 2050. The number of amidine groups is 1. The second-order valence-electron chi connectivity index (χ2n) is 15.1. The Morgan fingerprint density at radius 2 is 1.36 bits per heavy atom. The van der Waals surface area contributed by atoms with Gasteiger partial charge in [-0.1, -0.05) is 31.2 Å². The molecular formula is C42H50FN9O4. The monoisotopic (exact) mass is 763 g/mol. The molecule has 7 rings (SSSR count). The van der Waals surface area contributed by atoms with Gasteiger partial charge in [0.1, 0.15) is 23.4 Å². The summed E-state index contributed by atoms with van der Waals surface area (Å²) >= 11 is 0. The van der Waals surface area contributed by atoms with Crippen LogP contribution in [0, 0.1) is 16.6 Å². The van der Waals surface area contributed by atoms with Gasteiger partial charge in [0.15, 0.2) is 0 Å². The molecule has 3 aromatic carbocycles. The number of aromatic hydroxyl groups is 1. The molecule has 1 atom stereocenters. The van der Waals surface area contributed by atoms with E-state index in [1.807, 2.05) is 29.2 Å². The zero-order chi connectivity index (χ0) is 39.7.